The molecule has 0 bridgehead atoms. The Morgan fingerprint density at radius 2 is 1.79 bits per heavy atom. The van der Waals surface area contributed by atoms with Crippen LogP contribution >= 0.6 is 11.6 Å². The molecule has 1 aliphatic rings. The third-order valence-electron chi connectivity index (χ3n) is 3.36. The van der Waals surface area contributed by atoms with Gasteiger partial charge in [0.15, 0.2) is 0 Å². The fraction of sp³-hybridized carbons (Fsp3) is 0.333. The van der Waals surface area contributed by atoms with Crippen molar-refractivity contribution >= 4 is 23.1 Å². The summed E-state index contributed by atoms with van der Waals surface area (Å²) < 4.78 is 0. The van der Waals surface area contributed by atoms with E-state index >= 15 is 0 Å². The van der Waals surface area contributed by atoms with E-state index in [1.807, 2.05) is 19.1 Å². The Bertz CT molecular complexity index is 604. The van der Waals surface area contributed by atoms with Crippen LogP contribution < -0.4 is 5.32 Å². The summed E-state index contributed by atoms with van der Waals surface area (Å²) in [5.41, 5.74) is 3.15. The van der Waals surface area contributed by atoms with E-state index in [1.54, 1.807) is 0 Å². The zero-order valence-corrected chi connectivity index (χ0v) is 11.8. The molecule has 4 heteroatoms. The van der Waals surface area contributed by atoms with Crippen molar-refractivity contribution in [2.45, 2.75) is 32.6 Å². The highest BCUT2D eigenvalue weighted by atomic mass is 35.5. The Balaban J connectivity index is 1.92. The lowest BCUT2D eigenvalue weighted by atomic mass is 10.2. The highest BCUT2D eigenvalue weighted by molar-refractivity contribution is 6.30. The SMILES string of the molecule is Cc1ccc(Nc2nc(C3CC3)nc(Cl)c2C)cc1. The quantitative estimate of drug-likeness (QED) is 0.844. The molecular weight excluding hydrogens is 258 g/mol. The second-order valence-electron chi connectivity index (χ2n) is 5.11. The van der Waals surface area contributed by atoms with Crippen molar-refractivity contribution in [3.05, 3.63) is 46.4 Å². The molecule has 0 atom stereocenters. The molecule has 1 aromatic heterocycles. The van der Waals surface area contributed by atoms with Gasteiger partial charge in [-0.2, -0.15) is 0 Å². The smallest absolute Gasteiger partial charge is 0.138 e. The number of hydrogen-bond donors (Lipinski definition) is 1. The summed E-state index contributed by atoms with van der Waals surface area (Å²) in [7, 11) is 0. The van der Waals surface area contributed by atoms with Crippen LogP contribution in [0.15, 0.2) is 24.3 Å². The summed E-state index contributed by atoms with van der Waals surface area (Å²) in [4.78, 5) is 8.97. The predicted octanol–water partition coefficient (Wildman–Crippen LogP) is 4.37. The Hall–Kier alpha value is -1.61. The standard InChI is InChI=1S/C15H16ClN3/c1-9-3-7-12(8-4-9)17-14-10(2)13(16)18-15(19-14)11-5-6-11/h3-4,7-8,11H,5-6H2,1-2H3,(H,17,18,19). The fourth-order valence-electron chi connectivity index (χ4n) is 1.92. The number of anilines is 2. The number of halogens is 1. The van der Waals surface area contributed by atoms with Crippen molar-refractivity contribution < 1.29 is 0 Å². The maximum absolute atomic E-state index is 6.19. The molecule has 98 valence electrons. The van der Waals surface area contributed by atoms with Crippen LogP contribution in [-0.2, 0) is 0 Å². The minimum absolute atomic E-state index is 0.497. The molecule has 19 heavy (non-hydrogen) atoms. The second-order valence-corrected chi connectivity index (χ2v) is 5.47. The van der Waals surface area contributed by atoms with Crippen molar-refractivity contribution in [2.75, 3.05) is 5.32 Å². The summed E-state index contributed by atoms with van der Waals surface area (Å²) in [6, 6.07) is 8.23. The number of rotatable bonds is 3. The zero-order chi connectivity index (χ0) is 13.4. The van der Waals surface area contributed by atoms with Crippen LogP contribution in [0.25, 0.3) is 0 Å². The molecule has 1 N–H and O–H groups in total. The number of aryl methyl sites for hydroxylation is 1. The molecule has 1 aromatic carbocycles. The molecule has 3 nitrogen and oxygen atoms in total. The van der Waals surface area contributed by atoms with Gasteiger partial charge >= 0.3 is 0 Å². The maximum Gasteiger partial charge on any atom is 0.138 e. The van der Waals surface area contributed by atoms with Gasteiger partial charge in [0.05, 0.1) is 0 Å². The van der Waals surface area contributed by atoms with Crippen LogP contribution in [0.5, 0.6) is 0 Å². The van der Waals surface area contributed by atoms with Crippen LogP contribution in [-0.4, -0.2) is 9.97 Å². The monoisotopic (exact) mass is 273 g/mol. The average molecular weight is 274 g/mol. The molecular formula is C15H16ClN3. The molecule has 0 aliphatic heterocycles. The lowest BCUT2D eigenvalue weighted by molar-refractivity contribution is 0.922. The number of hydrogen-bond acceptors (Lipinski definition) is 3. The Morgan fingerprint density at radius 1 is 1.11 bits per heavy atom. The van der Waals surface area contributed by atoms with E-state index in [9.17, 15) is 0 Å². The van der Waals surface area contributed by atoms with E-state index in [4.69, 9.17) is 11.6 Å². The van der Waals surface area contributed by atoms with Crippen LogP contribution in [0.4, 0.5) is 11.5 Å². The van der Waals surface area contributed by atoms with Crippen LogP contribution in [0.3, 0.4) is 0 Å². The molecule has 1 saturated carbocycles. The van der Waals surface area contributed by atoms with Crippen LogP contribution in [0, 0.1) is 13.8 Å². The van der Waals surface area contributed by atoms with E-state index in [2.05, 4.69) is 34.3 Å². The van der Waals surface area contributed by atoms with Crippen LogP contribution in [0.2, 0.25) is 5.15 Å². The van der Waals surface area contributed by atoms with Gasteiger partial charge in [0.1, 0.15) is 16.8 Å². The van der Waals surface area contributed by atoms with E-state index < -0.39 is 0 Å². The average Bonchev–Trinajstić information content (AvgIpc) is 3.21. The minimum Gasteiger partial charge on any atom is -0.340 e. The summed E-state index contributed by atoms with van der Waals surface area (Å²) in [5.74, 6) is 2.17. The van der Waals surface area contributed by atoms with Crippen molar-refractivity contribution in [1.29, 1.82) is 0 Å². The summed E-state index contributed by atoms with van der Waals surface area (Å²) in [6.45, 7) is 4.01. The van der Waals surface area contributed by atoms with Gasteiger partial charge < -0.3 is 5.32 Å². The van der Waals surface area contributed by atoms with Gasteiger partial charge in [-0.3, -0.25) is 0 Å². The molecule has 1 fully saturated rings. The third kappa shape index (κ3) is 2.71. The molecule has 2 aromatic rings. The van der Waals surface area contributed by atoms with Gasteiger partial charge in [0, 0.05) is 17.2 Å². The molecule has 0 radical (unpaired) electrons. The van der Waals surface area contributed by atoms with Crippen molar-refractivity contribution in [3.63, 3.8) is 0 Å². The van der Waals surface area contributed by atoms with Gasteiger partial charge in [0.2, 0.25) is 0 Å². The van der Waals surface area contributed by atoms with E-state index in [0.29, 0.717) is 11.1 Å². The van der Waals surface area contributed by atoms with Crippen molar-refractivity contribution in [2.24, 2.45) is 0 Å². The zero-order valence-electron chi connectivity index (χ0n) is 11.1. The predicted molar refractivity (Wildman–Crippen MR) is 78.2 cm³/mol. The first-order valence-corrected chi connectivity index (χ1v) is 6.89. The summed E-state index contributed by atoms with van der Waals surface area (Å²) in [6.07, 6.45) is 2.34. The highest BCUT2D eigenvalue weighted by Gasteiger charge is 2.28. The number of aromatic nitrogens is 2. The molecule has 0 amide bonds. The summed E-state index contributed by atoms with van der Waals surface area (Å²) >= 11 is 6.19. The number of nitrogens with one attached hydrogen (secondary N) is 1. The minimum atomic E-state index is 0.497. The van der Waals surface area contributed by atoms with Crippen molar-refractivity contribution in [1.82, 2.24) is 9.97 Å². The first kappa shape index (κ1) is 12.4. The topological polar surface area (TPSA) is 37.8 Å². The Morgan fingerprint density at radius 3 is 2.42 bits per heavy atom. The van der Waals surface area contributed by atoms with Crippen molar-refractivity contribution in [3.8, 4) is 0 Å². The molecule has 0 unspecified atom stereocenters. The number of nitrogens with zero attached hydrogens (tertiary/aromatic N) is 2. The van der Waals surface area contributed by atoms with Gasteiger partial charge in [-0.05, 0) is 38.8 Å². The highest BCUT2D eigenvalue weighted by Crippen LogP contribution is 2.39. The van der Waals surface area contributed by atoms with Gasteiger partial charge in [-0.15, -0.1) is 0 Å². The molecule has 1 aliphatic carbocycles. The molecule has 1 heterocycles. The number of benzene rings is 1. The van der Waals surface area contributed by atoms with E-state index in [0.717, 1.165) is 22.9 Å². The van der Waals surface area contributed by atoms with Crippen LogP contribution in [0.1, 0.15) is 35.7 Å². The second kappa shape index (κ2) is 4.82. The molecule has 0 saturated heterocycles. The maximum atomic E-state index is 6.19. The van der Waals surface area contributed by atoms with Gasteiger partial charge in [0.25, 0.3) is 0 Å². The van der Waals surface area contributed by atoms with Gasteiger partial charge in [-0.25, -0.2) is 9.97 Å². The molecule has 3 rings (SSSR count). The Labute approximate surface area is 118 Å². The van der Waals surface area contributed by atoms with E-state index in [1.165, 1.54) is 18.4 Å². The first-order valence-electron chi connectivity index (χ1n) is 6.51. The lowest BCUT2D eigenvalue weighted by Crippen LogP contribution is -2.03. The largest absolute Gasteiger partial charge is 0.340 e. The Kier molecular flexibility index (Phi) is 3.15. The summed E-state index contributed by atoms with van der Waals surface area (Å²) in [5, 5.41) is 3.88. The molecule has 0 spiro atoms. The fourth-order valence-corrected chi connectivity index (χ4v) is 2.10. The van der Waals surface area contributed by atoms with E-state index in [-0.39, 0.29) is 0 Å². The van der Waals surface area contributed by atoms with Gasteiger partial charge in [-0.1, -0.05) is 29.3 Å². The normalized spacial score (nSPS) is 14.5. The lowest BCUT2D eigenvalue weighted by Gasteiger charge is -2.11. The first-order chi connectivity index (χ1) is 9.13. The third-order valence-corrected chi connectivity index (χ3v) is 3.73.